The van der Waals surface area contributed by atoms with E-state index in [1.165, 1.54) is 42.0 Å². The van der Waals surface area contributed by atoms with E-state index in [-0.39, 0.29) is 29.4 Å². The zero-order valence-corrected chi connectivity index (χ0v) is 20.9. The lowest BCUT2D eigenvalue weighted by atomic mass is 9.49. The van der Waals surface area contributed by atoms with Gasteiger partial charge in [-0.3, -0.25) is 4.79 Å². The molecule has 4 aliphatic carbocycles. The number of carbonyl (C=O) groups excluding carboxylic acids is 1. The topological polar surface area (TPSA) is 92.3 Å². The van der Waals surface area contributed by atoms with Crippen LogP contribution in [0.1, 0.15) is 56.2 Å². The number of fused-ring (bicyclic) bond motifs is 1. The van der Waals surface area contributed by atoms with Crippen LogP contribution in [0, 0.1) is 29.0 Å². The molecule has 0 saturated heterocycles. The molecule has 1 amide bonds. The average molecular weight is 519 g/mol. The number of halogens is 2. The van der Waals surface area contributed by atoms with Gasteiger partial charge in [-0.25, -0.2) is 22.8 Å². The molecule has 4 saturated carbocycles. The van der Waals surface area contributed by atoms with Crippen LogP contribution in [-0.4, -0.2) is 35.1 Å². The van der Waals surface area contributed by atoms with Gasteiger partial charge in [-0.05, 0) is 86.3 Å². The second-order valence-electron chi connectivity index (χ2n) is 11.0. The molecule has 35 heavy (non-hydrogen) atoms. The van der Waals surface area contributed by atoms with Crippen molar-refractivity contribution in [2.45, 2.75) is 62.8 Å². The van der Waals surface area contributed by atoms with Gasteiger partial charge in [0, 0.05) is 23.6 Å². The quantitative estimate of drug-likeness (QED) is 0.626. The van der Waals surface area contributed by atoms with Crippen LogP contribution < -0.4 is 5.32 Å². The first-order chi connectivity index (χ1) is 16.7. The second-order valence-corrected chi connectivity index (χ2v) is 13.3. The Morgan fingerprint density at radius 1 is 1.14 bits per heavy atom. The number of amides is 1. The summed E-state index contributed by atoms with van der Waals surface area (Å²) in [5, 5.41) is 3.14. The molecule has 0 radical (unpaired) electrons. The van der Waals surface area contributed by atoms with Crippen molar-refractivity contribution >= 4 is 33.3 Å². The van der Waals surface area contributed by atoms with E-state index in [1.54, 1.807) is 0 Å². The molecule has 7 rings (SSSR count). The van der Waals surface area contributed by atoms with Crippen LogP contribution in [0.5, 0.6) is 0 Å². The highest BCUT2D eigenvalue weighted by Crippen LogP contribution is 2.61. The summed E-state index contributed by atoms with van der Waals surface area (Å²) >= 11 is 5.78. The van der Waals surface area contributed by atoms with Gasteiger partial charge in [0.2, 0.25) is 15.9 Å². The molecular formula is C25H28ClFN4O3S. The zero-order valence-electron chi connectivity index (χ0n) is 19.3. The molecule has 7 nitrogen and oxygen atoms in total. The summed E-state index contributed by atoms with van der Waals surface area (Å²) in [6.07, 6.45) is 9.66. The number of rotatable bonds is 5. The molecule has 0 unspecified atom stereocenters. The Morgan fingerprint density at radius 2 is 1.83 bits per heavy atom. The number of carbonyl (C=O) groups is 1. The molecule has 4 fully saturated rings. The smallest absolute Gasteiger partial charge is 0.246 e. The van der Waals surface area contributed by atoms with Crippen LogP contribution in [0.2, 0.25) is 5.02 Å². The van der Waals surface area contributed by atoms with Crippen molar-refractivity contribution in [3.63, 3.8) is 0 Å². The van der Waals surface area contributed by atoms with Crippen molar-refractivity contribution < 1.29 is 17.6 Å². The molecule has 5 aliphatic rings. The highest BCUT2D eigenvalue weighted by Gasteiger charge is 2.51. The summed E-state index contributed by atoms with van der Waals surface area (Å²) in [5.41, 5.74) is 1.39. The maximum atomic E-state index is 14.3. The van der Waals surface area contributed by atoms with Crippen LogP contribution >= 0.6 is 11.6 Å². The van der Waals surface area contributed by atoms with Gasteiger partial charge in [0.05, 0.1) is 12.2 Å². The molecule has 1 aromatic heterocycles. The summed E-state index contributed by atoms with van der Waals surface area (Å²) in [5.74, 6) is 1.88. The van der Waals surface area contributed by atoms with E-state index in [2.05, 4.69) is 15.3 Å². The average Bonchev–Trinajstić information content (AvgIpc) is 2.77. The number of aromatic nitrogens is 2. The number of hydrogen-bond donors (Lipinski definition) is 1. The molecule has 0 spiro atoms. The summed E-state index contributed by atoms with van der Waals surface area (Å²) < 4.78 is 41.7. The van der Waals surface area contributed by atoms with Crippen LogP contribution in [0.15, 0.2) is 29.4 Å². The van der Waals surface area contributed by atoms with Crippen LogP contribution in [-0.2, 0) is 27.8 Å². The summed E-state index contributed by atoms with van der Waals surface area (Å²) in [7, 11) is -4.07. The second kappa shape index (κ2) is 8.49. The molecule has 0 atom stereocenters. The standard InChI is InChI=1S/C25H28ClFN4O3S/c26-18-1-2-22(20(27)8-18)35(33,34)31-4-3-19-21(13-31)28-14-29-24(19)30-23(32)12-25-9-15-5-16(10-25)7-17(6-15)11-25/h1-2,8,14-17H,3-7,9-13H2,(H,28,29,30,32). The molecule has 1 aliphatic heterocycles. The molecule has 1 aromatic carbocycles. The highest BCUT2D eigenvalue weighted by atomic mass is 35.5. The Hall–Kier alpha value is -2.10. The third-order valence-electron chi connectivity index (χ3n) is 8.44. The van der Waals surface area contributed by atoms with Gasteiger partial charge in [-0.15, -0.1) is 0 Å². The fourth-order valence-corrected chi connectivity index (χ4v) is 9.10. The first kappa shape index (κ1) is 23.3. The Bertz CT molecular complexity index is 1270. The van der Waals surface area contributed by atoms with Gasteiger partial charge in [-0.2, -0.15) is 4.31 Å². The number of hydrogen-bond acceptors (Lipinski definition) is 5. The molecule has 2 aromatic rings. The predicted octanol–water partition coefficient (Wildman–Crippen LogP) is 4.56. The fraction of sp³-hybridized carbons (Fsp3) is 0.560. The number of benzene rings is 1. The fourth-order valence-electron chi connectivity index (χ4n) is 7.49. The van der Waals surface area contributed by atoms with Crippen LogP contribution in [0.3, 0.4) is 0 Å². The molecule has 186 valence electrons. The van der Waals surface area contributed by atoms with E-state index in [1.807, 2.05) is 0 Å². The van der Waals surface area contributed by atoms with Crippen molar-refractivity contribution in [1.82, 2.24) is 14.3 Å². The molecule has 4 bridgehead atoms. The first-order valence-electron chi connectivity index (χ1n) is 12.3. The van der Waals surface area contributed by atoms with Crippen molar-refractivity contribution in [1.29, 1.82) is 0 Å². The minimum atomic E-state index is -4.07. The third kappa shape index (κ3) is 4.25. The predicted molar refractivity (Wildman–Crippen MR) is 129 cm³/mol. The van der Waals surface area contributed by atoms with E-state index < -0.39 is 20.7 Å². The third-order valence-corrected chi connectivity index (χ3v) is 10.6. The first-order valence-corrected chi connectivity index (χ1v) is 14.1. The lowest BCUT2D eigenvalue weighted by Gasteiger charge is -2.56. The minimum absolute atomic E-state index is 0.0138. The number of anilines is 1. The van der Waals surface area contributed by atoms with Gasteiger partial charge in [0.1, 0.15) is 22.9 Å². The van der Waals surface area contributed by atoms with E-state index >= 15 is 0 Å². The number of nitrogens with one attached hydrogen (secondary N) is 1. The van der Waals surface area contributed by atoms with E-state index in [4.69, 9.17) is 11.6 Å². The van der Waals surface area contributed by atoms with Gasteiger partial charge < -0.3 is 5.32 Å². The van der Waals surface area contributed by atoms with E-state index in [0.717, 1.165) is 48.6 Å². The van der Waals surface area contributed by atoms with E-state index in [9.17, 15) is 17.6 Å². The Labute approximate surface area is 209 Å². The van der Waals surface area contributed by atoms with Crippen molar-refractivity contribution in [3.8, 4) is 0 Å². The maximum Gasteiger partial charge on any atom is 0.246 e. The highest BCUT2D eigenvalue weighted by molar-refractivity contribution is 7.89. The van der Waals surface area contributed by atoms with Crippen LogP contribution in [0.4, 0.5) is 10.2 Å². The van der Waals surface area contributed by atoms with Crippen molar-refractivity contribution in [2.24, 2.45) is 23.2 Å². The van der Waals surface area contributed by atoms with Crippen molar-refractivity contribution in [3.05, 3.63) is 46.6 Å². The van der Waals surface area contributed by atoms with Gasteiger partial charge in [-0.1, -0.05) is 11.6 Å². The molecule has 1 N–H and O–H groups in total. The number of nitrogens with zero attached hydrogens (tertiary/aromatic N) is 3. The van der Waals surface area contributed by atoms with Gasteiger partial charge in [0.15, 0.2) is 0 Å². The summed E-state index contributed by atoms with van der Waals surface area (Å²) in [6, 6.07) is 3.53. The van der Waals surface area contributed by atoms with Crippen LogP contribution in [0.25, 0.3) is 0 Å². The molecular weight excluding hydrogens is 491 g/mol. The SMILES string of the molecule is O=C(CC12CC3CC(CC(C3)C1)C2)Nc1ncnc2c1CCN(S(=O)(=O)c1ccc(Cl)cc1F)C2. The lowest BCUT2D eigenvalue weighted by molar-refractivity contribution is -0.124. The monoisotopic (exact) mass is 518 g/mol. The summed E-state index contributed by atoms with van der Waals surface area (Å²) in [4.78, 5) is 21.3. The molecule has 10 heteroatoms. The van der Waals surface area contributed by atoms with Gasteiger partial charge in [0.25, 0.3) is 0 Å². The largest absolute Gasteiger partial charge is 0.310 e. The summed E-state index contributed by atoms with van der Waals surface area (Å²) in [6.45, 7) is 0.128. The Kier molecular flexibility index (Phi) is 5.65. The zero-order chi connectivity index (χ0) is 24.4. The van der Waals surface area contributed by atoms with Gasteiger partial charge >= 0.3 is 0 Å². The lowest BCUT2D eigenvalue weighted by Crippen LogP contribution is -2.47. The maximum absolute atomic E-state index is 14.3. The van der Waals surface area contributed by atoms with Crippen molar-refractivity contribution in [2.75, 3.05) is 11.9 Å². The molecule has 2 heterocycles. The number of sulfonamides is 1. The Morgan fingerprint density at radius 3 is 2.49 bits per heavy atom. The Balaban J connectivity index is 1.18. The van der Waals surface area contributed by atoms with E-state index in [0.29, 0.717) is 24.4 Å². The minimum Gasteiger partial charge on any atom is -0.310 e. The normalized spacial score (nSPS) is 29.7.